The standard InChI is InChI=1S/C15H23F3N4O3/c1-22-7-6-21-13(22)14(24,15(16,17)18)4-5-20-12(23)10-19-9-11-3-2-8-25-11/h6-7,11,19,24H,2-5,8-10H2,1H3,(H,20,23)/t11-,14-/m1/s1. The lowest BCUT2D eigenvalue weighted by Crippen LogP contribution is -2.47. The molecule has 0 radical (unpaired) electrons. The molecule has 1 aliphatic rings. The number of halogens is 3. The van der Waals surface area contributed by atoms with Crippen LogP contribution in [0.25, 0.3) is 0 Å². The summed E-state index contributed by atoms with van der Waals surface area (Å²) in [6, 6.07) is 0. The van der Waals surface area contributed by atoms with Gasteiger partial charge in [0.05, 0.1) is 12.6 Å². The van der Waals surface area contributed by atoms with Gasteiger partial charge in [-0.3, -0.25) is 4.79 Å². The largest absolute Gasteiger partial charge is 0.424 e. The van der Waals surface area contributed by atoms with E-state index in [1.165, 1.54) is 19.4 Å². The highest BCUT2D eigenvalue weighted by molar-refractivity contribution is 5.77. The van der Waals surface area contributed by atoms with Gasteiger partial charge < -0.3 is 25.0 Å². The van der Waals surface area contributed by atoms with E-state index in [1.54, 1.807) is 0 Å². The number of nitrogens with zero attached hydrogens (tertiary/aromatic N) is 2. The van der Waals surface area contributed by atoms with E-state index in [1.807, 2.05) is 0 Å². The van der Waals surface area contributed by atoms with Crippen LogP contribution in [0.5, 0.6) is 0 Å². The summed E-state index contributed by atoms with van der Waals surface area (Å²) >= 11 is 0. The molecular weight excluding hydrogens is 341 g/mol. The summed E-state index contributed by atoms with van der Waals surface area (Å²) in [6.07, 6.45) is -1.14. The Balaban J connectivity index is 1.80. The predicted octanol–water partition coefficient (Wildman–Crippen LogP) is 0.445. The molecule has 1 fully saturated rings. The summed E-state index contributed by atoms with van der Waals surface area (Å²) in [7, 11) is 1.37. The summed E-state index contributed by atoms with van der Waals surface area (Å²) in [5.41, 5.74) is -3.12. The molecule has 1 saturated heterocycles. The van der Waals surface area contributed by atoms with Gasteiger partial charge in [-0.25, -0.2) is 4.98 Å². The molecule has 2 rings (SSSR count). The van der Waals surface area contributed by atoms with Crippen LogP contribution in [0, 0.1) is 0 Å². The van der Waals surface area contributed by atoms with Crippen molar-refractivity contribution in [1.82, 2.24) is 20.2 Å². The SMILES string of the molecule is Cn1ccnc1[C@](O)(CCNC(=O)CNC[C@H]1CCCO1)C(F)(F)F. The lowest BCUT2D eigenvalue weighted by molar-refractivity contribution is -0.272. The molecule has 0 spiro atoms. The van der Waals surface area contributed by atoms with Gasteiger partial charge in [-0.2, -0.15) is 13.2 Å². The summed E-state index contributed by atoms with van der Waals surface area (Å²) in [4.78, 5) is 15.3. The molecule has 7 nitrogen and oxygen atoms in total. The fourth-order valence-electron chi connectivity index (χ4n) is 2.74. The topological polar surface area (TPSA) is 88.4 Å². The Morgan fingerprint density at radius 2 is 2.28 bits per heavy atom. The van der Waals surface area contributed by atoms with Gasteiger partial charge in [0.1, 0.15) is 5.82 Å². The fraction of sp³-hybridized carbons (Fsp3) is 0.733. The maximum atomic E-state index is 13.3. The van der Waals surface area contributed by atoms with Crippen molar-refractivity contribution in [3.05, 3.63) is 18.2 Å². The van der Waals surface area contributed by atoms with Crippen molar-refractivity contribution in [2.75, 3.05) is 26.2 Å². The molecule has 0 aliphatic carbocycles. The number of rotatable bonds is 8. The first-order valence-corrected chi connectivity index (χ1v) is 8.10. The number of aromatic nitrogens is 2. The van der Waals surface area contributed by atoms with Crippen LogP contribution >= 0.6 is 0 Å². The Kier molecular flexibility index (Phi) is 6.42. The number of hydrogen-bond acceptors (Lipinski definition) is 5. The van der Waals surface area contributed by atoms with Crippen LogP contribution in [0.15, 0.2) is 12.4 Å². The minimum atomic E-state index is -4.91. The molecule has 1 aromatic rings. The molecule has 1 aromatic heterocycles. The third-order valence-electron chi connectivity index (χ3n) is 4.15. The van der Waals surface area contributed by atoms with E-state index in [9.17, 15) is 23.1 Å². The maximum absolute atomic E-state index is 13.3. The number of hydrogen-bond donors (Lipinski definition) is 3. The Bertz CT molecular complexity index is 573. The van der Waals surface area contributed by atoms with Gasteiger partial charge in [0.15, 0.2) is 0 Å². The van der Waals surface area contributed by atoms with Crippen molar-refractivity contribution >= 4 is 5.91 Å². The van der Waals surface area contributed by atoms with E-state index in [0.29, 0.717) is 13.2 Å². The van der Waals surface area contributed by atoms with Gasteiger partial charge in [-0.15, -0.1) is 0 Å². The molecule has 2 atom stereocenters. The number of aliphatic hydroxyl groups is 1. The van der Waals surface area contributed by atoms with E-state index in [2.05, 4.69) is 15.6 Å². The highest BCUT2D eigenvalue weighted by Crippen LogP contribution is 2.40. The highest BCUT2D eigenvalue weighted by atomic mass is 19.4. The van der Waals surface area contributed by atoms with Gasteiger partial charge in [-0.1, -0.05) is 0 Å². The third-order valence-corrected chi connectivity index (χ3v) is 4.15. The van der Waals surface area contributed by atoms with Crippen molar-refractivity contribution in [2.45, 2.75) is 37.1 Å². The second-order valence-electron chi connectivity index (χ2n) is 6.09. The van der Waals surface area contributed by atoms with Crippen LogP contribution in [-0.4, -0.2) is 59.1 Å². The Morgan fingerprint density at radius 1 is 1.52 bits per heavy atom. The number of amides is 1. The first-order chi connectivity index (χ1) is 11.7. The highest BCUT2D eigenvalue weighted by Gasteiger charge is 2.57. The second-order valence-corrected chi connectivity index (χ2v) is 6.09. The van der Waals surface area contributed by atoms with Crippen LogP contribution in [0.3, 0.4) is 0 Å². The molecule has 1 aliphatic heterocycles. The minimum Gasteiger partial charge on any atom is -0.377 e. The summed E-state index contributed by atoms with van der Waals surface area (Å²) in [5, 5.41) is 15.4. The minimum absolute atomic E-state index is 0.0211. The molecule has 25 heavy (non-hydrogen) atoms. The first-order valence-electron chi connectivity index (χ1n) is 8.10. The molecule has 0 unspecified atom stereocenters. The lowest BCUT2D eigenvalue weighted by Gasteiger charge is -2.30. The average molecular weight is 364 g/mol. The number of carbonyl (C=O) groups excluding carboxylic acids is 1. The molecule has 142 valence electrons. The van der Waals surface area contributed by atoms with E-state index in [-0.39, 0.29) is 19.2 Å². The zero-order valence-electron chi connectivity index (χ0n) is 14.0. The molecule has 10 heteroatoms. The maximum Gasteiger partial charge on any atom is 0.424 e. The van der Waals surface area contributed by atoms with Gasteiger partial charge in [0.2, 0.25) is 11.5 Å². The normalized spacial score (nSPS) is 20.4. The monoisotopic (exact) mass is 364 g/mol. The third kappa shape index (κ3) is 4.93. The molecule has 1 amide bonds. The zero-order valence-corrected chi connectivity index (χ0v) is 14.0. The van der Waals surface area contributed by atoms with Crippen LogP contribution in [0.2, 0.25) is 0 Å². The number of alkyl halides is 3. The first kappa shape index (κ1) is 19.7. The summed E-state index contributed by atoms with van der Waals surface area (Å²) in [5.74, 6) is -0.951. The van der Waals surface area contributed by atoms with Gasteiger partial charge in [-0.05, 0) is 12.8 Å². The number of carbonyl (C=O) groups is 1. The zero-order chi connectivity index (χ0) is 18.5. The molecular formula is C15H23F3N4O3. The van der Waals surface area contributed by atoms with Crippen molar-refractivity contribution in [2.24, 2.45) is 7.05 Å². The summed E-state index contributed by atoms with van der Waals surface area (Å²) in [6.45, 7) is 0.880. The number of imidazole rings is 1. The van der Waals surface area contributed by atoms with E-state index >= 15 is 0 Å². The summed E-state index contributed by atoms with van der Waals surface area (Å²) < 4.78 is 46.4. The van der Waals surface area contributed by atoms with Gasteiger partial charge in [0.25, 0.3) is 0 Å². The second kappa shape index (κ2) is 8.15. The molecule has 0 bridgehead atoms. The van der Waals surface area contributed by atoms with E-state index < -0.39 is 29.9 Å². The molecule has 2 heterocycles. The lowest BCUT2D eigenvalue weighted by atomic mass is 9.97. The molecule has 0 aromatic carbocycles. The van der Waals surface area contributed by atoms with Crippen molar-refractivity contribution in [3.63, 3.8) is 0 Å². The quantitative estimate of drug-likeness (QED) is 0.623. The fourth-order valence-corrected chi connectivity index (χ4v) is 2.74. The predicted molar refractivity (Wildman–Crippen MR) is 82.6 cm³/mol. The van der Waals surface area contributed by atoms with Crippen molar-refractivity contribution < 1.29 is 27.8 Å². The van der Waals surface area contributed by atoms with Crippen LogP contribution in [0.1, 0.15) is 25.1 Å². The Hall–Kier alpha value is -1.65. The number of ether oxygens (including phenoxy) is 1. The molecule has 3 N–H and O–H groups in total. The Morgan fingerprint density at radius 3 is 2.84 bits per heavy atom. The van der Waals surface area contributed by atoms with Gasteiger partial charge in [0, 0.05) is 45.6 Å². The van der Waals surface area contributed by atoms with Gasteiger partial charge >= 0.3 is 6.18 Å². The van der Waals surface area contributed by atoms with Crippen LogP contribution < -0.4 is 10.6 Å². The van der Waals surface area contributed by atoms with Crippen molar-refractivity contribution in [1.29, 1.82) is 0 Å². The van der Waals surface area contributed by atoms with E-state index in [0.717, 1.165) is 17.4 Å². The number of aryl methyl sites for hydroxylation is 1. The molecule has 0 saturated carbocycles. The van der Waals surface area contributed by atoms with Crippen LogP contribution in [0.4, 0.5) is 13.2 Å². The van der Waals surface area contributed by atoms with Crippen molar-refractivity contribution in [3.8, 4) is 0 Å². The number of nitrogens with one attached hydrogen (secondary N) is 2. The van der Waals surface area contributed by atoms with Crippen LogP contribution in [-0.2, 0) is 22.2 Å². The Labute approximate surface area is 143 Å². The van der Waals surface area contributed by atoms with E-state index in [4.69, 9.17) is 4.74 Å². The smallest absolute Gasteiger partial charge is 0.377 e. The average Bonchev–Trinajstić information content (AvgIpc) is 3.17.